The van der Waals surface area contributed by atoms with E-state index < -0.39 is 0 Å². The van der Waals surface area contributed by atoms with E-state index in [-0.39, 0.29) is 0 Å². The van der Waals surface area contributed by atoms with Gasteiger partial charge < -0.3 is 43.7 Å². The number of aromatic nitrogens is 12. The molecule has 19 nitrogen and oxygen atoms in total. The van der Waals surface area contributed by atoms with Crippen LogP contribution >= 0.6 is 11.6 Å². The highest BCUT2D eigenvalue weighted by Gasteiger charge is 2.29. The molecule has 0 spiro atoms. The number of halogens is 1. The summed E-state index contributed by atoms with van der Waals surface area (Å²) in [7, 11) is 10.6. The number of rotatable bonds is 14. The van der Waals surface area contributed by atoms with E-state index in [0.717, 1.165) is 112 Å². The number of nitrogens with zero attached hydrogens (tertiary/aromatic N) is 10. The molecule has 20 heteroatoms. The Morgan fingerprint density at radius 1 is 0.644 bits per heavy atom. The summed E-state index contributed by atoms with van der Waals surface area (Å²) in [5.41, 5.74) is 18.7. The molecule has 12 rings (SSSR count). The van der Waals surface area contributed by atoms with Gasteiger partial charge in [-0.1, -0.05) is 21.9 Å². The quantitative estimate of drug-likeness (QED) is 0.0860. The van der Waals surface area contributed by atoms with Crippen LogP contribution in [0.5, 0.6) is 11.5 Å². The van der Waals surface area contributed by atoms with Gasteiger partial charge in [0.05, 0.1) is 72.4 Å². The molecule has 8 heterocycles. The summed E-state index contributed by atoms with van der Waals surface area (Å²) in [5.74, 6) is 6.43. The number of ether oxygens (including phenoxy) is 4. The van der Waals surface area contributed by atoms with Gasteiger partial charge in [-0.05, 0) is 83.7 Å². The molecule has 2 aliphatic carbocycles. The van der Waals surface area contributed by atoms with E-state index in [2.05, 4.69) is 53.5 Å². The number of aryl methyl sites for hydroxylation is 6. The molecular formula is C53H60ClN13O6. The number of aromatic amines is 2. The maximum atomic E-state index is 6.47. The van der Waals surface area contributed by atoms with Crippen molar-refractivity contribution in [1.82, 2.24) is 59.8 Å². The predicted octanol–water partition coefficient (Wildman–Crippen LogP) is 9.90. The molecule has 73 heavy (non-hydrogen) atoms. The summed E-state index contributed by atoms with van der Waals surface area (Å²) in [6.45, 7) is 8.74. The third-order valence-electron chi connectivity index (χ3n) is 13.6. The molecule has 2 fully saturated rings. The fourth-order valence-electron chi connectivity index (χ4n) is 9.50. The molecule has 0 saturated heterocycles. The van der Waals surface area contributed by atoms with Crippen molar-refractivity contribution >= 4 is 61.3 Å². The summed E-state index contributed by atoms with van der Waals surface area (Å²) in [5, 5.41) is 21.3. The maximum Gasteiger partial charge on any atom is 0.143 e. The standard InChI is InChI=1S/C27H30N6O3.C19H19ClN4O3.C7H11N3/c1-14-25(15(2)36-32-14)19-12-21-18(13-23(19)35-5)26-22(28-24(8-9-34-4)30-27(26)29-21)11-17-10-20(16-6-7-16)31-33(17)3;1-9-16(10(2)27-24-9)12-7-13-11(8-14(12)26-4)17-18(20)22-15(5-6-25-3)23-19(17)21-13;1-10-7(8)4-6(9-10)5-2-3-5/h10,12-13,16H,6-9,11H2,1-5H3,(H,28,29,30);7-8H,5-6H2,1-4H3,(H,21,22,23);4-5H,2-3,8H2,1H3. The normalized spacial score (nSPS) is 13.5. The van der Waals surface area contributed by atoms with Crippen molar-refractivity contribution in [2.75, 3.05) is 47.4 Å². The summed E-state index contributed by atoms with van der Waals surface area (Å²) in [6, 6.07) is 12.3. The van der Waals surface area contributed by atoms with E-state index in [0.29, 0.717) is 66.7 Å². The van der Waals surface area contributed by atoms with E-state index in [4.69, 9.17) is 60.4 Å². The fourth-order valence-corrected chi connectivity index (χ4v) is 9.79. The van der Waals surface area contributed by atoms with Crippen molar-refractivity contribution in [3.05, 3.63) is 98.9 Å². The van der Waals surface area contributed by atoms with Gasteiger partial charge in [0.25, 0.3) is 0 Å². The Kier molecular flexibility index (Phi) is 13.7. The molecule has 0 unspecified atom stereocenters. The van der Waals surface area contributed by atoms with Crippen molar-refractivity contribution in [3.8, 4) is 33.8 Å². The molecule has 4 N–H and O–H groups in total. The third kappa shape index (κ3) is 9.83. The lowest BCUT2D eigenvalue weighted by molar-refractivity contribution is 0.200. The molecule has 0 radical (unpaired) electrons. The first-order valence-corrected chi connectivity index (χ1v) is 24.8. The molecule has 2 aliphatic rings. The first-order valence-electron chi connectivity index (χ1n) is 24.4. The van der Waals surface area contributed by atoms with Gasteiger partial charge in [-0.2, -0.15) is 10.2 Å². The number of hydrogen-bond acceptors (Lipinski definition) is 15. The van der Waals surface area contributed by atoms with Crippen LogP contribution in [-0.2, 0) is 42.8 Å². The Hall–Kier alpha value is -7.35. The Balaban J connectivity index is 0.000000144. The number of benzene rings is 2. The summed E-state index contributed by atoms with van der Waals surface area (Å²) >= 11 is 6.47. The lowest BCUT2D eigenvalue weighted by Crippen LogP contribution is -2.07. The average molecular weight is 1010 g/mol. The Bertz CT molecular complexity index is 3590. The fraction of sp³-hybridized carbons (Fsp3) is 0.396. The molecule has 0 atom stereocenters. The number of fused-ring (bicyclic) bond motifs is 6. The average Bonchev–Trinajstić information content (AvgIpc) is 4.20. The zero-order valence-electron chi connectivity index (χ0n) is 42.9. The van der Waals surface area contributed by atoms with Crippen LogP contribution in [0.2, 0.25) is 5.15 Å². The zero-order chi connectivity index (χ0) is 51.2. The van der Waals surface area contributed by atoms with Crippen LogP contribution in [0.1, 0.15) is 94.9 Å². The smallest absolute Gasteiger partial charge is 0.143 e. The highest BCUT2D eigenvalue weighted by molar-refractivity contribution is 6.36. The second-order valence-electron chi connectivity index (χ2n) is 18.8. The molecule has 0 aliphatic heterocycles. The van der Waals surface area contributed by atoms with Crippen molar-refractivity contribution in [1.29, 1.82) is 0 Å². The number of hydrogen-bond donors (Lipinski definition) is 3. The first kappa shape index (κ1) is 49.2. The number of H-pyrrole nitrogens is 2. The van der Waals surface area contributed by atoms with Gasteiger partial charge in [0.2, 0.25) is 0 Å². The number of nitrogens with one attached hydrogen (secondary N) is 2. The minimum Gasteiger partial charge on any atom is -0.496 e. The molecule has 380 valence electrons. The summed E-state index contributed by atoms with van der Waals surface area (Å²) in [6.07, 6.45) is 6.93. The lowest BCUT2D eigenvalue weighted by Gasteiger charge is -2.10. The van der Waals surface area contributed by atoms with Crippen molar-refractivity contribution < 1.29 is 28.0 Å². The van der Waals surface area contributed by atoms with E-state index in [1.165, 1.54) is 37.1 Å². The van der Waals surface area contributed by atoms with Gasteiger partial charge in [0, 0.05) is 109 Å². The summed E-state index contributed by atoms with van der Waals surface area (Å²) in [4.78, 5) is 25.7. The predicted molar refractivity (Wildman–Crippen MR) is 280 cm³/mol. The van der Waals surface area contributed by atoms with Crippen molar-refractivity contribution in [3.63, 3.8) is 0 Å². The zero-order valence-corrected chi connectivity index (χ0v) is 43.6. The second kappa shape index (κ2) is 20.3. The molecule has 8 aromatic heterocycles. The SMILES string of the molecule is COCCc1nc(Cc2cc(C3CC3)nn2C)c2c(n1)[nH]c1cc(-c3c(C)noc3C)c(OC)cc12.COCCc1nc(Cl)c2c(n1)[nH]c1cc(-c3c(C)noc3C)c(OC)cc12.Cn1nc(C2CC2)cc1N. The molecule has 0 amide bonds. The minimum atomic E-state index is 0.407. The molecule has 0 bridgehead atoms. The van der Waals surface area contributed by atoms with Crippen molar-refractivity contribution in [2.45, 2.75) is 84.5 Å². The van der Waals surface area contributed by atoms with Gasteiger partial charge in [-0.15, -0.1) is 0 Å². The molecule has 10 aromatic rings. The number of methoxy groups -OCH3 is 4. The van der Waals surface area contributed by atoms with Crippen molar-refractivity contribution in [2.24, 2.45) is 14.1 Å². The van der Waals surface area contributed by atoms with Crippen LogP contribution in [-0.4, -0.2) is 101 Å². The van der Waals surface area contributed by atoms with E-state index in [9.17, 15) is 0 Å². The topological polar surface area (TPSA) is 234 Å². The van der Waals surface area contributed by atoms with Crippen LogP contribution in [0.4, 0.5) is 5.82 Å². The van der Waals surface area contributed by atoms with Crippen LogP contribution in [0.3, 0.4) is 0 Å². The summed E-state index contributed by atoms with van der Waals surface area (Å²) < 4.78 is 36.4. The largest absolute Gasteiger partial charge is 0.496 e. The van der Waals surface area contributed by atoms with E-state index in [1.807, 2.05) is 64.7 Å². The third-order valence-corrected chi connectivity index (χ3v) is 13.9. The number of anilines is 1. The Morgan fingerprint density at radius 2 is 1.14 bits per heavy atom. The number of nitrogen functional groups attached to an aromatic ring is 1. The maximum absolute atomic E-state index is 6.47. The molecule has 2 saturated carbocycles. The molecular weight excluding hydrogens is 950 g/mol. The number of nitrogens with two attached hydrogens (primary N) is 1. The van der Waals surface area contributed by atoms with Gasteiger partial charge in [-0.25, -0.2) is 19.9 Å². The van der Waals surface area contributed by atoms with Crippen LogP contribution in [0, 0.1) is 27.7 Å². The van der Waals surface area contributed by atoms with Crippen LogP contribution in [0.15, 0.2) is 45.4 Å². The Labute approximate surface area is 426 Å². The highest BCUT2D eigenvalue weighted by Crippen LogP contribution is 2.43. The van der Waals surface area contributed by atoms with E-state index >= 15 is 0 Å². The Morgan fingerprint density at radius 3 is 1.60 bits per heavy atom. The molecule has 2 aromatic carbocycles. The van der Waals surface area contributed by atoms with Gasteiger partial charge in [-0.3, -0.25) is 9.36 Å². The van der Waals surface area contributed by atoms with Crippen LogP contribution < -0.4 is 15.2 Å². The van der Waals surface area contributed by atoms with Gasteiger partial charge >= 0.3 is 0 Å². The highest BCUT2D eigenvalue weighted by atomic mass is 35.5. The monoisotopic (exact) mass is 1010 g/mol. The second-order valence-corrected chi connectivity index (χ2v) is 19.2. The van der Waals surface area contributed by atoms with Gasteiger partial charge in [0.15, 0.2) is 0 Å². The lowest BCUT2D eigenvalue weighted by atomic mass is 10.00. The van der Waals surface area contributed by atoms with Crippen LogP contribution in [0.25, 0.3) is 66.1 Å². The van der Waals surface area contributed by atoms with Gasteiger partial charge in [0.1, 0.15) is 56.9 Å². The van der Waals surface area contributed by atoms with E-state index in [1.54, 1.807) is 33.1 Å². The first-order chi connectivity index (χ1) is 35.3. The minimum absolute atomic E-state index is 0.407.